The van der Waals surface area contributed by atoms with Crippen molar-refractivity contribution in [1.29, 1.82) is 0 Å². The van der Waals surface area contributed by atoms with Gasteiger partial charge in [-0.05, 0) is 144 Å². The van der Waals surface area contributed by atoms with Gasteiger partial charge >= 0.3 is 47.8 Å². The van der Waals surface area contributed by atoms with E-state index in [4.69, 9.17) is 18.9 Å². The molecule has 28 heteroatoms. The third kappa shape index (κ3) is 19.8. The Morgan fingerprint density at radius 2 is 0.379 bits per heavy atom. The molecule has 13 rings (SSSR count). The van der Waals surface area contributed by atoms with Gasteiger partial charge < -0.3 is 59.8 Å². The first-order valence-electron chi connectivity index (χ1n) is 35.4. The smallest absolute Gasteiger partial charge is 0.338 e. The minimum Gasteiger partial charge on any atom is -0.507 e. The highest BCUT2D eigenvalue weighted by molar-refractivity contribution is 5.99. The van der Waals surface area contributed by atoms with E-state index in [9.17, 15) is 79.2 Å². The van der Waals surface area contributed by atoms with Gasteiger partial charge in [0, 0.05) is 70.2 Å². The summed E-state index contributed by atoms with van der Waals surface area (Å²) in [4.78, 5) is 105. The van der Waals surface area contributed by atoms with Crippen molar-refractivity contribution in [1.82, 2.24) is 0 Å². The van der Waals surface area contributed by atoms with E-state index in [0.29, 0.717) is 22.3 Å². The van der Waals surface area contributed by atoms with Gasteiger partial charge in [-0.25, -0.2) is 38.4 Å². The molecule has 0 atom stereocenters. The summed E-state index contributed by atoms with van der Waals surface area (Å²) in [6.45, 7) is -0.607. The number of aromatic hydroxyl groups is 4. The Labute approximate surface area is 658 Å². The first-order valence-corrected chi connectivity index (χ1v) is 35.4. The van der Waals surface area contributed by atoms with Crippen molar-refractivity contribution >= 4 is 93.3 Å². The Bertz CT molecular complexity index is 5190. The summed E-state index contributed by atoms with van der Waals surface area (Å²) in [6, 6.07) is 60.1. The van der Waals surface area contributed by atoms with Crippen molar-refractivity contribution in [2.45, 2.75) is 52.1 Å². The quantitative estimate of drug-likeness (QED) is 0.0158. The lowest BCUT2D eigenvalue weighted by Gasteiger charge is -2.18. The number of phenols is 4. The predicted molar refractivity (Wildman–Crippen MR) is 416 cm³/mol. The minimum absolute atomic E-state index is 0.00950. The normalized spacial score (nSPS) is 11.9. The molecule has 0 saturated heterocycles. The summed E-state index contributed by atoms with van der Waals surface area (Å²) in [5.74, 6) is -11.0. The average molecular weight is 1550 g/mol. The van der Waals surface area contributed by atoms with Crippen molar-refractivity contribution in [3.63, 3.8) is 0 Å². The molecule has 0 heterocycles. The second kappa shape index (κ2) is 35.4. The van der Waals surface area contributed by atoms with E-state index in [1.807, 2.05) is 0 Å². The standard InChI is InChI=1S/C88H64N8O20/c97-77-53-21-55-31-70(90-94-74-38-62(82(103)104)26-66(42-74)86(110)114-46-50-15-7-2-8-16-50)33-57(78(55)98)23-59-35-72(92-96-76-40-64(84(107)108)28-68(44-76)88(112)116-48-52-19-11-4-12-20-52)36-60(80(59)100)24-58-34-71(91-95-75-39-63(83(105)106)27-67(43-75)87(111)115-47-51-17-9-3-10-18-51)32-56(79(58)99)22-54(77)30-69(29-53)89-93-73-37-61(81(101)102)25-65(41-73)85(109)113-45-49-13-5-1-6-14-49/h1-20,25-44,97-100H,21-24,45-48H2,(H,101,102)(H,103,104)(H,105,106)(H,107,108). The Hall–Kier alpha value is -16.0. The molecule has 0 saturated carbocycles. The number of esters is 4. The van der Waals surface area contributed by atoms with Gasteiger partial charge in [0.05, 0.1) is 90.0 Å². The van der Waals surface area contributed by atoms with E-state index < -0.39 is 96.4 Å². The molecule has 0 fully saturated rings. The number of aromatic carboxylic acids is 4. The number of phenolic OH excluding ortho intramolecular Hbond substituents is 4. The van der Waals surface area contributed by atoms with Crippen LogP contribution in [0, 0.1) is 0 Å². The van der Waals surface area contributed by atoms with Gasteiger partial charge in [-0.2, -0.15) is 40.9 Å². The van der Waals surface area contributed by atoms with Crippen molar-refractivity contribution in [2.24, 2.45) is 40.9 Å². The second-order valence-corrected chi connectivity index (χ2v) is 26.5. The number of fused-ring (bicyclic) bond motifs is 8. The van der Waals surface area contributed by atoms with Crippen molar-refractivity contribution in [3.8, 4) is 23.0 Å². The van der Waals surface area contributed by atoms with E-state index in [-0.39, 0.29) is 161 Å². The third-order valence-corrected chi connectivity index (χ3v) is 18.1. The molecule has 0 spiro atoms. The first-order chi connectivity index (χ1) is 56.0. The fraction of sp³-hybridized carbons (Fsp3) is 0.0909. The fourth-order valence-electron chi connectivity index (χ4n) is 12.4. The summed E-state index contributed by atoms with van der Waals surface area (Å²) in [6.07, 6.45) is -1.69. The lowest BCUT2D eigenvalue weighted by Crippen LogP contribution is -2.07. The van der Waals surface area contributed by atoms with Gasteiger partial charge in [0.2, 0.25) is 0 Å². The molecule has 0 aromatic heterocycles. The van der Waals surface area contributed by atoms with Gasteiger partial charge in [0.15, 0.2) is 0 Å². The maximum absolute atomic E-state index is 13.6. The molecular formula is C88H64N8O20. The SMILES string of the molecule is O=C(O)c1cc(N=Nc2cc3c(O)c(c2)Cc2cc(N=Nc4cc(C(=O)O)cc(C(=O)OCc5ccccc5)c4)cc(c2O)Cc2cc(N=Nc4cc(C(=O)O)cc(C(=O)OCc5ccccc5)c4)cc(c2O)Cc2cc(N=Nc4cc(C(=O)O)cc(C(=O)OCc5ccccc5)c4)cc(c2O)C3)cc(C(=O)OCc2ccccc2)c1. The number of hydrogen-bond acceptors (Lipinski definition) is 24. The number of carboxylic acid groups (broad SMARTS) is 4. The number of rotatable bonds is 24. The number of hydrogen-bond donors (Lipinski definition) is 8. The Morgan fingerprint density at radius 1 is 0.224 bits per heavy atom. The molecule has 0 amide bonds. The minimum atomic E-state index is -1.42. The zero-order chi connectivity index (χ0) is 81.5. The largest absolute Gasteiger partial charge is 0.507 e. The molecule has 8 bridgehead atoms. The molecule has 576 valence electrons. The molecule has 1 aliphatic rings. The van der Waals surface area contributed by atoms with Crippen LogP contribution in [0.5, 0.6) is 23.0 Å². The fourth-order valence-corrected chi connectivity index (χ4v) is 12.4. The van der Waals surface area contributed by atoms with Crippen LogP contribution in [0.4, 0.5) is 45.5 Å². The van der Waals surface area contributed by atoms with E-state index in [2.05, 4.69) is 40.9 Å². The molecule has 12 aromatic carbocycles. The van der Waals surface area contributed by atoms with Crippen LogP contribution in [0.3, 0.4) is 0 Å². The van der Waals surface area contributed by atoms with Crippen LogP contribution in [-0.4, -0.2) is 88.6 Å². The molecule has 1 aliphatic carbocycles. The number of benzene rings is 12. The third-order valence-electron chi connectivity index (χ3n) is 18.1. The summed E-state index contributed by atoms with van der Waals surface area (Å²) < 4.78 is 22.1. The molecule has 12 aromatic rings. The molecule has 0 radical (unpaired) electrons. The number of nitrogens with zero attached hydrogens (tertiary/aromatic N) is 8. The van der Waals surface area contributed by atoms with Crippen LogP contribution < -0.4 is 0 Å². The highest BCUT2D eigenvalue weighted by Crippen LogP contribution is 2.44. The molecular weight excluding hydrogens is 1490 g/mol. The highest BCUT2D eigenvalue weighted by atomic mass is 16.5. The number of carbonyl (C=O) groups excluding carboxylic acids is 4. The zero-order valence-electron chi connectivity index (χ0n) is 60.8. The van der Waals surface area contributed by atoms with Crippen LogP contribution in [0.25, 0.3) is 0 Å². The maximum Gasteiger partial charge on any atom is 0.338 e. The van der Waals surface area contributed by atoms with Gasteiger partial charge in [-0.15, -0.1) is 0 Å². The van der Waals surface area contributed by atoms with E-state index in [1.54, 1.807) is 121 Å². The van der Waals surface area contributed by atoms with Crippen LogP contribution >= 0.6 is 0 Å². The summed E-state index contributed by atoms with van der Waals surface area (Å²) in [7, 11) is 0. The van der Waals surface area contributed by atoms with E-state index in [0.717, 1.165) is 48.5 Å². The lowest BCUT2D eigenvalue weighted by molar-refractivity contribution is 0.0463. The molecule has 0 aliphatic heterocycles. The Balaban J connectivity index is 0.958. The Morgan fingerprint density at radius 3 is 0.543 bits per heavy atom. The molecule has 28 nitrogen and oxygen atoms in total. The number of carbonyl (C=O) groups is 8. The van der Waals surface area contributed by atoms with Gasteiger partial charge in [0.25, 0.3) is 0 Å². The number of ether oxygens (including phenoxy) is 4. The lowest BCUT2D eigenvalue weighted by atomic mass is 9.90. The van der Waals surface area contributed by atoms with Crippen LogP contribution in [0.15, 0.2) is 284 Å². The predicted octanol–water partition coefficient (Wildman–Crippen LogP) is 19.1. The second-order valence-electron chi connectivity index (χ2n) is 26.5. The summed E-state index contributed by atoms with van der Waals surface area (Å²) in [5, 5.41) is 127. The molecule has 8 N–H and O–H groups in total. The van der Waals surface area contributed by atoms with Crippen LogP contribution in [0.2, 0.25) is 0 Å². The van der Waals surface area contributed by atoms with Crippen molar-refractivity contribution in [2.75, 3.05) is 0 Å². The average Bonchev–Trinajstić information content (AvgIpc) is 0.772. The van der Waals surface area contributed by atoms with Crippen LogP contribution in [0.1, 0.15) is 150 Å². The number of azo groups is 4. The zero-order valence-corrected chi connectivity index (χ0v) is 60.8. The topological polar surface area (TPSA) is 434 Å². The molecule has 116 heavy (non-hydrogen) atoms. The monoisotopic (exact) mass is 1550 g/mol. The summed E-state index contributed by atoms with van der Waals surface area (Å²) >= 11 is 0. The summed E-state index contributed by atoms with van der Waals surface area (Å²) in [5.41, 5.74) is -0.147. The van der Waals surface area contributed by atoms with E-state index in [1.165, 1.54) is 72.8 Å². The van der Waals surface area contributed by atoms with Crippen molar-refractivity contribution in [3.05, 3.63) is 354 Å². The van der Waals surface area contributed by atoms with E-state index >= 15 is 0 Å². The number of carboxylic acids is 4. The van der Waals surface area contributed by atoms with Gasteiger partial charge in [0.1, 0.15) is 49.4 Å². The van der Waals surface area contributed by atoms with Crippen LogP contribution in [-0.2, 0) is 71.1 Å². The first kappa shape index (κ1) is 78.1. The molecule has 0 unspecified atom stereocenters. The van der Waals surface area contributed by atoms with Gasteiger partial charge in [-0.1, -0.05) is 121 Å². The Kier molecular flexibility index (Phi) is 23.8. The highest BCUT2D eigenvalue weighted by Gasteiger charge is 2.25. The maximum atomic E-state index is 13.6. The van der Waals surface area contributed by atoms with Crippen molar-refractivity contribution < 1.29 is 98.2 Å². The van der Waals surface area contributed by atoms with Gasteiger partial charge in [-0.3, -0.25) is 0 Å².